The van der Waals surface area contributed by atoms with Crippen LogP contribution >= 0.6 is 0 Å². The minimum absolute atomic E-state index is 0.156. The number of ether oxygens (including phenoxy) is 2. The van der Waals surface area contributed by atoms with E-state index >= 15 is 0 Å². The normalized spacial score (nSPS) is 10.1. The van der Waals surface area contributed by atoms with Crippen LogP contribution in [-0.4, -0.2) is 19.5 Å². The molecule has 0 N–H and O–H groups in total. The maximum Gasteiger partial charge on any atom is 0.163 e. The molecule has 0 aliphatic heterocycles. The number of carbonyl (C=O) groups is 1. The third-order valence-corrected chi connectivity index (χ3v) is 2.97. The minimum Gasteiger partial charge on any atom is -0.497 e. The quantitative estimate of drug-likeness (QED) is 0.568. The van der Waals surface area contributed by atoms with Crippen LogP contribution in [0.1, 0.15) is 23.2 Å². The van der Waals surface area contributed by atoms with Gasteiger partial charge in [-0.25, -0.2) is 0 Å². The van der Waals surface area contributed by atoms with Crippen molar-refractivity contribution in [3.05, 3.63) is 60.2 Å². The molecule has 0 atom stereocenters. The first-order valence-corrected chi connectivity index (χ1v) is 6.64. The highest BCUT2D eigenvalue weighted by Gasteiger charge is 2.04. The van der Waals surface area contributed by atoms with E-state index in [1.54, 1.807) is 7.11 Å². The van der Waals surface area contributed by atoms with Crippen molar-refractivity contribution in [3.8, 4) is 11.5 Å². The van der Waals surface area contributed by atoms with E-state index in [1.165, 1.54) is 0 Å². The lowest BCUT2D eigenvalue weighted by molar-refractivity contribution is 0.0973. The molecule has 3 heteroatoms. The Morgan fingerprint density at radius 2 is 1.60 bits per heavy atom. The lowest BCUT2D eigenvalue weighted by atomic mass is 10.1. The Morgan fingerprint density at radius 1 is 0.950 bits per heavy atom. The summed E-state index contributed by atoms with van der Waals surface area (Å²) in [6.07, 6.45) is 1.21. The van der Waals surface area contributed by atoms with Crippen LogP contribution < -0.4 is 9.47 Å². The first kappa shape index (κ1) is 14.1. The van der Waals surface area contributed by atoms with Gasteiger partial charge in [-0.15, -0.1) is 0 Å². The Kier molecular flexibility index (Phi) is 5.18. The van der Waals surface area contributed by atoms with E-state index < -0.39 is 0 Å². The van der Waals surface area contributed by atoms with Crippen molar-refractivity contribution in [3.63, 3.8) is 0 Å². The summed E-state index contributed by atoms with van der Waals surface area (Å²) in [7, 11) is 1.63. The number of hydrogen-bond donors (Lipinski definition) is 0. The van der Waals surface area contributed by atoms with Gasteiger partial charge in [0.05, 0.1) is 13.7 Å². The Morgan fingerprint density at radius 3 is 2.25 bits per heavy atom. The molecule has 2 aromatic rings. The molecule has 0 amide bonds. The van der Waals surface area contributed by atoms with Gasteiger partial charge in [0, 0.05) is 12.0 Å². The number of rotatable bonds is 7. The number of ketones is 1. The zero-order chi connectivity index (χ0) is 14.2. The van der Waals surface area contributed by atoms with E-state index in [9.17, 15) is 4.79 Å². The molecule has 20 heavy (non-hydrogen) atoms. The summed E-state index contributed by atoms with van der Waals surface area (Å²) in [5.41, 5.74) is 0.761. The van der Waals surface area contributed by atoms with Gasteiger partial charge in [-0.2, -0.15) is 0 Å². The van der Waals surface area contributed by atoms with E-state index in [-0.39, 0.29) is 5.78 Å². The first-order chi connectivity index (χ1) is 9.79. The van der Waals surface area contributed by atoms with Gasteiger partial charge < -0.3 is 9.47 Å². The highest BCUT2D eigenvalue weighted by molar-refractivity contribution is 5.95. The molecular formula is C17H18O3. The molecular weight excluding hydrogens is 252 g/mol. The predicted molar refractivity (Wildman–Crippen MR) is 78.5 cm³/mol. The summed E-state index contributed by atoms with van der Waals surface area (Å²) in [5.74, 6) is 1.75. The molecule has 0 saturated heterocycles. The topological polar surface area (TPSA) is 35.5 Å². The molecule has 0 aliphatic rings. The summed E-state index contributed by atoms with van der Waals surface area (Å²) in [6, 6.07) is 16.8. The second-order valence-corrected chi connectivity index (χ2v) is 4.42. The Hall–Kier alpha value is -2.29. The molecule has 0 radical (unpaired) electrons. The SMILES string of the molecule is COc1ccc(OCCCC(=O)c2ccccc2)cc1. The van der Waals surface area contributed by atoms with Gasteiger partial charge in [0.15, 0.2) is 5.78 Å². The van der Waals surface area contributed by atoms with Crippen LogP contribution in [0.2, 0.25) is 0 Å². The van der Waals surface area contributed by atoms with Crippen LogP contribution in [0.4, 0.5) is 0 Å². The highest BCUT2D eigenvalue weighted by atomic mass is 16.5. The van der Waals surface area contributed by atoms with Gasteiger partial charge >= 0.3 is 0 Å². The van der Waals surface area contributed by atoms with Crippen LogP contribution in [0, 0.1) is 0 Å². The van der Waals surface area contributed by atoms with Crippen LogP contribution in [0.3, 0.4) is 0 Å². The summed E-state index contributed by atoms with van der Waals surface area (Å²) >= 11 is 0. The van der Waals surface area contributed by atoms with Crippen molar-refractivity contribution in [2.45, 2.75) is 12.8 Å². The maximum absolute atomic E-state index is 11.9. The van der Waals surface area contributed by atoms with E-state index in [4.69, 9.17) is 9.47 Å². The maximum atomic E-state index is 11.9. The van der Waals surface area contributed by atoms with Crippen LogP contribution in [0.25, 0.3) is 0 Å². The number of carbonyl (C=O) groups excluding carboxylic acids is 1. The molecule has 3 nitrogen and oxygen atoms in total. The van der Waals surface area contributed by atoms with Gasteiger partial charge in [0.2, 0.25) is 0 Å². The largest absolute Gasteiger partial charge is 0.497 e. The second-order valence-electron chi connectivity index (χ2n) is 4.42. The van der Waals surface area contributed by atoms with Crippen molar-refractivity contribution in [2.75, 3.05) is 13.7 Å². The van der Waals surface area contributed by atoms with Crippen molar-refractivity contribution >= 4 is 5.78 Å². The van der Waals surface area contributed by atoms with Gasteiger partial charge in [0.1, 0.15) is 11.5 Å². The third-order valence-electron chi connectivity index (χ3n) is 2.97. The molecule has 0 bridgehead atoms. The number of benzene rings is 2. The molecule has 0 unspecified atom stereocenters. The molecule has 104 valence electrons. The number of methoxy groups -OCH3 is 1. The third kappa shape index (κ3) is 4.12. The molecule has 0 aromatic heterocycles. The molecule has 2 aromatic carbocycles. The van der Waals surface area contributed by atoms with Crippen LogP contribution in [-0.2, 0) is 0 Å². The van der Waals surface area contributed by atoms with E-state index in [0.29, 0.717) is 19.4 Å². The Bertz CT molecular complexity index is 532. The summed E-state index contributed by atoms with van der Waals surface area (Å²) in [4.78, 5) is 11.9. The average molecular weight is 270 g/mol. The highest BCUT2D eigenvalue weighted by Crippen LogP contribution is 2.17. The Labute approximate surface area is 119 Å². The van der Waals surface area contributed by atoms with E-state index in [0.717, 1.165) is 17.1 Å². The summed E-state index contributed by atoms with van der Waals surface area (Å²) < 4.78 is 10.7. The van der Waals surface area contributed by atoms with E-state index in [2.05, 4.69) is 0 Å². The summed E-state index contributed by atoms with van der Waals surface area (Å²) in [5, 5.41) is 0. The number of Topliss-reactive ketones (excluding diaryl/α,β-unsaturated/α-hetero) is 1. The average Bonchev–Trinajstić information content (AvgIpc) is 2.53. The first-order valence-electron chi connectivity index (χ1n) is 6.64. The zero-order valence-corrected chi connectivity index (χ0v) is 11.5. The number of hydrogen-bond acceptors (Lipinski definition) is 3. The monoisotopic (exact) mass is 270 g/mol. The smallest absolute Gasteiger partial charge is 0.163 e. The van der Waals surface area contributed by atoms with Crippen molar-refractivity contribution in [1.82, 2.24) is 0 Å². The zero-order valence-electron chi connectivity index (χ0n) is 11.5. The minimum atomic E-state index is 0.156. The lowest BCUT2D eigenvalue weighted by Crippen LogP contribution is -2.03. The fourth-order valence-corrected chi connectivity index (χ4v) is 1.86. The molecule has 0 fully saturated rings. The molecule has 0 heterocycles. The molecule has 0 aliphatic carbocycles. The lowest BCUT2D eigenvalue weighted by Gasteiger charge is -2.06. The van der Waals surface area contributed by atoms with Crippen molar-refractivity contribution < 1.29 is 14.3 Å². The summed E-state index contributed by atoms with van der Waals surface area (Å²) in [6.45, 7) is 0.533. The van der Waals surface area contributed by atoms with Crippen LogP contribution in [0.5, 0.6) is 11.5 Å². The molecule has 0 saturated carbocycles. The van der Waals surface area contributed by atoms with Gasteiger partial charge in [-0.05, 0) is 30.7 Å². The van der Waals surface area contributed by atoms with E-state index in [1.807, 2.05) is 54.6 Å². The van der Waals surface area contributed by atoms with Crippen molar-refractivity contribution in [2.24, 2.45) is 0 Å². The second kappa shape index (κ2) is 7.34. The fourth-order valence-electron chi connectivity index (χ4n) is 1.86. The van der Waals surface area contributed by atoms with Gasteiger partial charge in [0.25, 0.3) is 0 Å². The van der Waals surface area contributed by atoms with Gasteiger partial charge in [-0.1, -0.05) is 30.3 Å². The fraction of sp³-hybridized carbons (Fsp3) is 0.235. The molecule has 2 rings (SSSR count). The predicted octanol–water partition coefficient (Wildman–Crippen LogP) is 3.74. The van der Waals surface area contributed by atoms with Crippen LogP contribution in [0.15, 0.2) is 54.6 Å². The standard InChI is InChI=1S/C17H18O3/c1-19-15-9-11-16(12-10-15)20-13-5-8-17(18)14-6-3-2-4-7-14/h2-4,6-7,9-12H,5,8,13H2,1H3. The molecule has 0 spiro atoms. The van der Waals surface area contributed by atoms with Gasteiger partial charge in [-0.3, -0.25) is 4.79 Å². The Balaban J connectivity index is 1.72. The van der Waals surface area contributed by atoms with Crippen molar-refractivity contribution in [1.29, 1.82) is 0 Å².